The van der Waals surface area contributed by atoms with Crippen molar-refractivity contribution in [3.05, 3.63) is 70.0 Å². The highest BCUT2D eigenvalue weighted by atomic mass is 35.5. The van der Waals surface area contributed by atoms with E-state index in [4.69, 9.17) is 11.6 Å². The van der Waals surface area contributed by atoms with Crippen molar-refractivity contribution in [1.82, 2.24) is 5.32 Å². The lowest BCUT2D eigenvalue weighted by atomic mass is 9.98. The summed E-state index contributed by atoms with van der Waals surface area (Å²) in [7, 11) is 0. The Kier molecular flexibility index (Phi) is 5.26. The molecular formula is C16H15ClF3N. The van der Waals surface area contributed by atoms with E-state index in [9.17, 15) is 13.2 Å². The molecule has 0 radical (unpaired) electrons. The number of hydrogen-bond donors (Lipinski definition) is 1. The Labute approximate surface area is 126 Å². The predicted octanol–water partition coefficient (Wildman–Crippen LogP) is 4.85. The summed E-state index contributed by atoms with van der Waals surface area (Å²) >= 11 is 6.02. The smallest absolute Gasteiger partial charge is 0.160 e. The normalized spacial score (nSPS) is 12.4. The SMILES string of the molecule is CCCNC(c1cccc(F)c1)c1cc(F)c(F)cc1Cl. The van der Waals surface area contributed by atoms with Crippen LogP contribution in [0.4, 0.5) is 13.2 Å². The Balaban J connectivity index is 2.47. The summed E-state index contributed by atoms with van der Waals surface area (Å²) in [5.41, 5.74) is 0.992. The van der Waals surface area contributed by atoms with Crippen LogP contribution in [-0.2, 0) is 0 Å². The van der Waals surface area contributed by atoms with Gasteiger partial charge in [-0.3, -0.25) is 0 Å². The van der Waals surface area contributed by atoms with Crippen molar-refractivity contribution in [1.29, 1.82) is 0 Å². The van der Waals surface area contributed by atoms with Crippen LogP contribution < -0.4 is 5.32 Å². The second kappa shape index (κ2) is 6.96. The largest absolute Gasteiger partial charge is 0.306 e. The number of hydrogen-bond acceptors (Lipinski definition) is 1. The van der Waals surface area contributed by atoms with Gasteiger partial charge in [0, 0.05) is 5.02 Å². The standard InChI is InChI=1S/C16H15ClF3N/c1-2-6-21-16(10-4-3-5-11(18)7-10)12-8-14(19)15(20)9-13(12)17/h3-5,7-9,16,21H,2,6H2,1H3. The van der Waals surface area contributed by atoms with Gasteiger partial charge in [0.1, 0.15) is 5.82 Å². The van der Waals surface area contributed by atoms with Crippen LogP contribution in [0.25, 0.3) is 0 Å². The van der Waals surface area contributed by atoms with Gasteiger partial charge in [0.05, 0.1) is 6.04 Å². The first-order valence-corrected chi connectivity index (χ1v) is 7.04. The van der Waals surface area contributed by atoms with E-state index in [1.54, 1.807) is 12.1 Å². The zero-order valence-corrected chi connectivity index (χ0v) is 12.2. The second-order valence-electron chi connectivity index (χ2n) is 4.73. The predicted molar refractivity (Wildman–Crippen MR) is 77.9 cm³/mol. The van der Waals surface area contributed by atoms with E-state index in [0.717, 1.165) is 18.6 Å². The van der Waals surface area contributed by atoms with Gasteiger partial charge < -0.3 is 5.32 Å². The van der Waals surface area contributed by atoms with Crippen LogP contribution in [0.2, 0.25) is 5.02 Å². The molecule has 0 fully saturated rings. The van der Waals surface area contributed by atoms with Crippen molar-refractivity contribution in [2.75, 3.05) is 6.54 Å². The molecule has 2 aromatic carbocycles. The number of benzene rings is 2. The molecule has 0 heterocycles. The molecule has 112 valence electrons. The quantitative estimate of drug-likeness (QED) is 0.778. The van der Waals surface area contributed by atoms with E-state index in [-0.39, 0.29) is 5.02 Å². The fourth-order valence-corrected chi connectivity index (χ4v) is 2.40. The molecule has 0 spiro atoms. The van der Waals surface area contributed by atoms with Crippen LogP contribution in [0.3, 0.4) is 0 Å². The first-order chi connectivity index (χ1) is 10.0. The number of rotatable bonds is 5. The molecule has 2 rings (SSSR count). The van der Waals surface area contributed by atoms with Crippen LogP contribution in [-0.4, -0.2) is 6.54 Å². The van der Waals surface area contributed by atoms with Crippen molar-refractivity contribution in [3.8, 4) is 0 Å². The van der Waals surface area contributed by atoms with Crippen molar-refractivity contribution >= 4 is 11.6 Å². The fourth-order valence-electron chi connectivity index (χ4n) is 2.14. The Morgan fingerprint density at radius 3 is 2.48 bits per heavy atom. The average molecular weight is 314 g/mol. The van der Waals surface area contributed by atoms with Crippen LogP contribution in [0.1, 0.15) is 30.5 Å². The minimum atomic E-state index is -1.00. The van der Waals surface area contributed by atoms with Crippen LogP contribution >= 0.6 is 11.6 Å². The molecule has 1 unspecified atom stereocenters. The molecule has 5 heteroatoms. The summed E-state index contributed by atoms with van der Waals surface area (Å²) in [6.45, 7) is 2.61. The van der Waals surface area contributed by atoms with Crippen LogP contribution in [0, 0.1) is 17.5 Å². The fraction of sp³-hybridized carbons (Fsp3) is 0.250. The van der Waals surface area contributed by atoms with Gasteiger partial charge in [0.25, 0.3) is 0 Å². The lowest BCUT2D eigenvalue weighted by Crippen LogP contribution is -2.24. The highest BCUT2D eigenvalue weighted by molar-refractivity contribution is 6.31. The molecule has 0 aliphatic carbocycles. The first kappa shape index (κ1) is 15.9. The maximum absolute atomic E-state index is 13.5. The molecular weight excluding hydrogens is 299 g/mol. The lowest BCUT2D eigenvalue weighted by molar-refractivity contribution is 0.503. The van der Waals surface area contributed by atoms with E-state index in [1.807, 2.05) is 6.92 Å². The molecule has 0 saturated carbocycles. The minimum Gasteiger partial charge on any atom is -0.306 e. The molecule has 0 bridgehead atoms. The molecule has 0 aliphatic rings. The highest BCUT2D eigenvalue weighted by Gasteiger charge is 2.19. The first-order valence-electron chi connectivity index (χ1n) is 6.66. The van der Waals surface area contributed by atoms with Gasteiger partial charge in [-0.1, -0.05) is 30.7 Å². The van der Waals surface area contributed by atoms with Gasteiger partial charge in [-0.05, 0) is 48.4 Å². The minimum absolute atomic E-state index is 0.103. The summed E-state index contributed by atoms with van der Waals surface area (Å²) in [4.78, 5) is 0. The number of nitrogens with one attached hydrogen (secondary N) is 1. The van der Waals surface area contributed by atoms with Gasteiger partial charge >= 0.3 is 0 Å². The Hall–Kier alpha value is -1.52. The Morgan fingerprint density at radius 1 is 1.10 bits per heavy atom. The lowest BCUT2D eigenvalue weighted by Gasteiger charge is -2.21. The van der Waals surface area contributed by atoms with E-state index in [1.165, 1.54) is 12.1 Å². The van der Waals surface area contributed by atoms with E-state index in [0.29, 0.717) is 17.7 Å². The summed E-state index contributed by atoms with van der Waals surface area (Å²) < 4.78 is 40.1. The van der Waals surface area contributed by atoms with Crippen molar-refractivity contribution in [3.63, 3.8) is 0 Å². The maximum Gasteiger partial charge on any atom is 0.160 e. The molecule has 2 aromatic rings. The molecule has 1 atom stereocenters. The van der Waals surface area contributed by atoms with Crippen molar-refractivity contribution < 1.29 is 13.2 Å². The summed E-state index contributed by atoms with van der Waals surface area (Å²) in [5.74, 6) is -2.37. The summed E-state index contributed by atoms with van der Waals surface area (Å²) in [6, 6.07) is 7.45. The van der Waals surface area contributed by atoms with Gasteiger partial charge in [-0.2, -0.15) is 0 Å². The van der Waals surface area contributed by atoms with Crippen molar-refractivity contribution in [2.24, 2.45) is 0 Å². The van der Waals surface area contributed by atoms with E-state index < -0.39 is 23.5 Å². The molecule has 1 N–H and O–H groups in total. The zero-order valence-electron chi connectivity index (χ0n) is 11.5. The van der Waals surface area contributed by atoms with Gasteiger partial charge in [-0.25, -0.2) is 13.2 Å². The molecule has 0 aliphatic heterocycles. The third-order valence-corrected chi connectivity index (χ3v) is 3.46. The maximum atomic E-state index is 13.5. The zero-order chi connectivity index (χ0) is 15.4. The topological polar surface area (TPSA) is 12.0 Å². The molecule has 0 saturated heterocycles. The van der Waals surface area contributed by atoms with Gasteiger partial charge in [0.2, 0.25) is 0 Å². The summed E-state index contributed by atoms with van der Waals surface area (Å²) in [6.07, 6.45) is 0.840. The average Bonchev–Trinajstić information content (AvgIpc) is 2.44. The third-order valence-electron chi connectivity index (χ3n) is 3.13. The van der Waals surface area contributed by atoms with E-state index >= 15 is 0 Å². The van der Waals surface area contributed by atoms with Gasteiger partial charge in [0.15, 0.2) is 11.6 Å². The Morgan fingerprint density at radius 2 is 1.81 bits per heavy atom. The second-order valence-corrected chi connectivity index (χ2v) is 5.14. The van der Waals surface area contributed by atoms with Crippen LogP contribution in [0.15, 0.2) is 36.4 Å². The van der Waals surface area contributed by atoms with Crippen LogP contribution in [0.5, 0.6) is 0 Å². The Bertz CT molecular complexity index is 631. The molecule has 0 amide bonds. The summed E-state index contributed by atoms with van der Waals surface area (Å²) in [5, 5.41) is 3.28. The number of halogens is 4. The van der Waals surface area contributed by atoms with Gasteiger partial charge in [-0.15, -0.1) is 0 Å². The van der Waals surface area contributed by atoms with E-state index in [2.05, 4.69) is 5.32 Å². The third kappa shape index (κ3) is 3.77. The molecule has 1 nitrogen and oxygen atoms in total. The highest BCUT2D eigenvalue weighted by Crippen LogP contribution is 2.30. The monoisotopic (exact) mass is 313 g/mol. The van der Waals surface area contributed by atoms with Crippen molar-refractivity contribution in [2.45, 2.75) is 19.4 Å². The molecule has 21 heavy (non-hydrogen) atoms. The molecule has 0 aromatic heterocycles.